The fraction of sp³-hybridized carbons (Fsp3) is 0.280. The number of hydrogen-bond acceptors (Lipinski definition) is 2. The Kier molecular flexibility index (Phi) is 8.70. The third-order valence-electron chi connectivity index (χ3n) is 5.31. The van der Waals surface area contributed by atoms with Gasteiger partial charge in [0.25, 0.3) is 0 Å². The molecule has 162 valence electrons. The van der Waals surface area contributed by atoms with Gasteiger partial charge in [-0.05, 0) is 42.0 Å². The molecule has 0 atom stereocenters. The predicted molar refractivity (Wildman–Crippen MR) is 139 cm³/mol. The average molecular weight is 527 g/mol. The van der Waals surface area contributed by atoms with Crippen LogP contribution in [0.5, 0.6) is 0 Å². The van der Waals surface area contributed by atoms with Crippen LogP contribution in [-0.2, 0) is 13.1 Å². The minimum atomic E-state index is 0. The Hall–Kier alpha value is -2.61. The lowest BCUT2D eigenvalue weighted by atomic mass is 9.98. The fourth-order valence-corrected chi connectivity index (χ4v) is 3.73. The summed E-state index contributed by atoms with van der Waals surface area (Å²) in [5, 5.41) is 6.91. The highest BCUT2D eigenvalue weighted by Gasteiger charge is 2.12. The lowest BCUT2D eigenvalue weighted by molar-refractivity contribution is 0.633. The Morgan fingerprint density at radius 1 is 1.10 bits per heavy atom. The molecule has 1 aromatic heterocycles. The zero-order valence-corrected chi connectivity index (χ0v) is 20.2. The molecule has 0 saturated heterocycles. The average Bonchev–Trinajstić information content (AvgIpc) is 3.47. The van der Waals surface area contributed by atoms with Gasteiger partial charge in [0.15, 0.2) is 5.96 Å². The van der Waals surface area contributed by atoms with E-state index in [0.29, 0.717) is 12.6 Å². The van der Waals surface area contributed by atoms with Crippen LogP contribution in [-0.4, -0.2) is 28.1 Å². The third kappa shape index (κ3) is 6.43. The molecule has 4 rings (SSSR count). The van der Waals surface area contributed by atoms with Gasteiger partial charge in [0, 0.05) is 31.5 Å². The summed E-state index contributed by atoms with van der Waals surface area (Å²) in [4.78, 5) is 8.97. The summed E-state index contributed by atoms with van der Waals surface area (Å²) in [6.07, 6.45) is 12.2. The number of imidazole rings is 1. The van der Waals surface area contributed by atoms with Crippen molar-refractivity contribution in [3.63, 3.8) is 0 Å². The number of hydrogen-bond donors (Lipinski definition) is 2. The first-order valence-electron chi connectivity index (χ1n) is 10.6. The molecular formula is C25H30IN5. The number of aromatic nitrogens is 2. The maximum atomic E-state index is 4.86. The molecule has 1 aliphatic rings. The molecule has 0 fully saturated rings. The van der Waals surface area contributed by atoms with E-state index in [-0.39, 0.29) is 24.0 Å². The monoisotopic (exact) mass is 527 g/mol. The minimum Gasteiger partial charge on any atom is -0.357 e. The zero-order valence-electron chi connectivity index (χ0n) is 17.9. The lowest BCUT2D eigenvalue weighted by Crippen LogP contribution is -2.42. The van der Waals surface area contributed by atoms with Gasteiger partial charge in [0.2, 0.25) is 0 Å². The molecule has 31 heavy (non-hydrogen) atoms. The van der Waals surface area contributed by atoms with E-state index in [1.165, 1.54) is 22.3 Å². The van der Waals surface area contributed by atoms with Gasteiger partial charge in [0.05, 0.1) is 12.9 Å². The van der Waals surface area contributed by atoms with Crippen LogP contribution < -0.4 is 10.6 Å². The van der Waals surface area contributed by atoms with Crippen LogP contribution in [0.25, 0.3) is 11.1 Å². The third-order valence-corrected chi connectivity index (χ3v) is 5.31. The number of rotatable bonds is 7. The molecule has 2 N–H and O–H groups in total. The predicted octanol–water partition coefficient (Wildman–Crippen LogP) is 4.99. The standard InChI is InChI=1S/C25H29N5.HI/c1-2-27-25(29-23-8-4-5-9-23)28-17-22-7-3-6-10-24(22)21-13-11-20(12-14-21)18-30-16-15-26-19-30;/h3-7,10-16,19,23H,2,8-9,17-18H2,1H3,(H2,27,28,29);1H. The lowest BCUT2D eigenvalue weighted by Gasteiger charge is -2.17. The highest BCUT2D eigenvalue weighted by atomic mass is 127. The van der Waals surface area contributed by atoms with Gasteiger partial charge in [-0.2, -0.15) is 0 Å². The van der Waals surface area contributed by atoms with Crippen molar-refractivity contribution >= 4 is 29.9 Å². The molecule has 0 amide bonds. The number of aliphatic imine (C=N–C) groups is 1. The van der Waals surface area contributed by atoms with E-state index < -0.39 is 0 Å². The van der Waals surface area contributed by atoms with Crippen molar-refractivity contribution in [1.29, 1.82) is 0 Å². The molecule has 1 heterocycles. The Morgan fingerprint density at radius 2 is 1.87 bits per heavy atom. The van der Waals surface area contributed by atoms with Crippen LogP contribution in [0.3, 0.4) is 0 Å². The van der Waals surface area contributed by atoms with E-state index in [4.69, 9.17) is 4.99 Å². The SMILES string of the molecule is CCNC(=NCc1ccccc1-c1ccc(Cn2ccnc2)cc1)NC1CC=CC1.I. The van der Waals surface area contributed by atoms with Crippen LogP contribution in [0.15, 0.2) is 84.4 Å². The number of halogens is 1. The molecule has 0 spiro atoms. The highest BCUT2D eigenvalue weighted by molar-refractivity contribution is 14.0. The number of benzene rings is 2. The largest absolute Gasteiger partial charge is 0.357 e. The quantitative estimate of drug-likeness (QED) is 0.197. The van der Waals surface area contributed by atoms with Gasteiger partial charge in [-0.15, -0.1) is 24.0 Å². The van der Waals surface area contributed by atoms with E-state index >= 15 is 0 Å². The number of nitrogens with one attached hydrogen (secondary N) is 2. The van der Waals surface area contributed by atoms with Crippen molar-refractivity contribution in [2.45, 2.75) is 38.9 Å². The van der Waals surface area contributed by atoms with Gasteiger partial charge >= 0.3 is 0 Å². The van der Waals surface area contributed by atoms with Crippen LogP contribution in [0, 0.1) is 0 Å². The Bertz CT molecular complexity index is 985. The Labute approximate surface area is 201 Å². The number of guanidine groups is 1. The molecule has 0 radical (unpaired) electrons. The smallest absolute Gasteiger partial charge is 0.191 e. The first-order chi connectivity index (χ1) is 14.8. The van der Waals surface area contributed by atoms with Gasteiger partial charge in [-0.1, -0.05) is 60.7 Å². The van der Waals surface area contributed by atoms with Crippen molar-refractivity contribution in [3.05, 3.63) is 90.5 Å². The molecule has 0 bridgehead atoms. The topological polar surface area (TPSA) is 54.2 Å². The van der Waals surface area contributed by atoms with Crippen molar-refractivity contribution in [2.75, 3.05) is 6.54 Å². The second kappa shape index (κ2) is 11.7. The molecule has 3 aromatic rings. The van der Waals surface area contributed by atoms with Crippen molar-refractivity contribution in [1.82, 2.24) is 20.2 Å². The maximum absolute atomic E-state index is 4.86. The zero-order chi connectivity index (χ0) is 20.6. The summed E-state index contributed by atoms with van der Waals surface area (Å²) in [7, 11) is 0. The van der Waals surface area contributed by atoms with Crippen molar-refractivity contribution < 1.29 is 0 Å². The van der Waals surface area contributed by atoms with E-state index in [1.807, 2.05) is 18.7 Å². The summed E-state index contributed by atoms with van der Waals surface area (Å²) in [5.41, 5.74) is 4.93. The molecule has 6 heteroatoms. The van der Waals surface area contributed by atoms with E-state index in [9.17, 15) is 0 Å². The molecule has 1 aliphatic carbocycles. The second-order valence-corrected chi connectivity index (χ2v) is 7.57. The van der Waals surface area contributed by atoms with Gasteiger partial charge in [-0.3, -0.25) is 0 Å². The van der Waals surface area contributed by atoms with Gasteiger partial charge in [-0.25, -0.2) is 9.98 Å². The van der Waals surface area contributed by atoms with Crippen molar-refractivity contribution in [3.8, 4) is 11.1 Å². The summed E-state index contributed by atoms with van der Waals surface area (Å²) < 4.78 is 2.08. The molecule has 2 aromatic carbocycles. The van der Waals surface area contributed by atoms with Crippen LogP contribution in [0.1, 0.15) is 30.9 Å². The van der Waals surface area contributed by atoms with Crippen LogP contribution >= 0.6 is 24.0 Å². The van der Waals surface area contributed by atoms with E-state index in [2.05, 4.69) is 87.8 Å². The summed E-state index contributed by atoms with van der Waals surface area (Å²) in [5.74, 6) is 0.886. The van der Waals surface area contributed by atoms with Gasteiger partial charge < -0.3 is 15.2 Å². The fourth-order valence-electron chi connectivity index (χ4n) is 3.73. The molecule has 0 aliphatic heterocycles. The maximum Gasteiger partial charge on any atom is 0.191 e. The molecule has 0 unspecified atom stereocenters. The minimum absolute atomic E-state index is 0. The highest BCUT2D eigenvalue weighted by Crippen LogP contribution is 2.25. The van der Waals surface area contributed by atoms with Crippen molar-refractivity contribution in [2.24, 2.45) is 4.99 Å². The molecular weight excluding hydrogens is 497 g/mol. The Balaban J connectivity index is 0.00000272. The first kappa shape index (κ1) is 23.1. The summed E-state index contributed by atoms with van der Waals surface area (Å²) in [6, 6.07) is 17.7. The Morgan fingerprint density at radius 3 is 2.58 bits per heavy atom. The molecule has 0 saturated carbocycles. The summed E-state index contributed by atoms with van der Waals surface area (Å²) >= 11 is 0. The van der Waals surface area contributed by atoms with Crippen LogP contribution in [0.4, 0.5) is 0 Å². The van der Waals surface area contributed by atoms with E-state index in [1.54, 1.807) is 0 Å². The first-order valence-corrected chi connectivity index (χ1v) is 10.6. The number of nitrogens with zero attached hydrogens (tertiary/aromatic N) is 3. The van der Waals surface area contributed by atoms with E-state index in [0.717, 1.165) is 31.9 Å². The van der Waals surface area contributed by atoms with Gasteiger partial charge in [0.1, 0.15) is 0 Å². The molecule has 5 nitrogen and oxygen atoms in total. The summed E-state index contributed by atoms with van der Waals surface area (Å²) in [6.45, 7) is 4.43. The second-order valence-electron chi connectivity index (χ2n) is 7.57. The van der Waals surface area contributed by atoms with Crippen LogP contribution in [0.2, 0.25) is 0 Å². The normalized spacial score (nSPS) is 13.8.